The summed E-state index contributed by atoms with van der Waals surface area (Å²) in [7, 11) is 0. The monoisotopic (exact) mass is 222 g/mol. The largest absolute Gasteiger partial charge is 1.00 e. The van der Waals surface area contributed by atoms with Crippen molar-refractivity contribution in [3.8, 4) is 0 Å². The van der Waals surface area contributed by atoms with E-state index < -0.39 is 0 Å². The van der Waals surface area contributed by atoms with E-state index in [1.54, 1.807) is 24.3 Å². The van der Waals surface area contributed by atoms with Crippen LogP contribution in [0.1, 0.15) is 31.6 Å². The Morgan fingerprint density at radius 1 is 1.21 bits per heavy atom. The van der Waals surface area contributed by atoms with E-state index in [0.717, 1.165) is 6.29 Å². The quantitative estimate of drug-likeness (QED) is 0.413. The molecule has 74 valence electrons. The van der Waals surface area contributed by atoms with Crippen molar-refractivity contribution in [2.75, 3.05) is 0 Å². The molecule has 14 heavy (non-hydrogen) atoms. The van der Waals surface area contributed by atoms with Gasteiger partial charge in [0, 0.05) is 5.56 Å². The third kappa shape index (κ3) is 7.59. The Kier molecular flexibility index (Phi) is 18.6. The fourth-order valence-electron chi connectivity index (χ4n) is 0.602. The van der Waals surface area contributed by atoms with Crippen LogP contribution in [0.2, 0.25) is 0 Å². The number of hydrogen-bond acceptors (Lipinski definition) is 3. The second kappa shape index (κ2) is 13.2. The van der Waals surface area contributed by atoms with Crippen LogP contribution >= 0.6 is 12.0 Å². The molecule has 1 rings (SSSR count). The molecule has 0 aliphatic carbocycles. The van der Waals surface area contributed by atoms with Gasteiger partial charge < -0.3 is 4.55 Å². The van der Waals surface area contributed by atoms with Crippen molar-refractivity contribution in [3.63, 3.8) is 0 Å². The molecule has 0 heterocycles. The second-order valence-corrected chi connectivity index (χ2v) is 2.41. The fraction of sp³-hybridized carbons (Fsp3) is 0.300. The first-order valence-corrected chi connectivity index (χ1v) is 4.46. The summed E-state index contributed by atoms with van der Waals surface area (Å²) in [6.07, 6.45) is 0.749. The van der Waals surface area contributed by atoms with Gasteiger partial charge in [-0.1, -0.05) is 33.4 Å². The molecule has 0 atom stereocenters. The minimum absolute atomic E-state index is 0. The summed E-state index contributed by atoms with van der Waals surface area (Å²) in [6.45, 7) is 4.00. The van der Waals surface area contributed by atoms with Crippen molar-refractivity contribution in [2.45, 2.75) is 26.2 Å². The van der Waals surface area contributed by atoms with Crippen LogP contribution < -0.4 is 29.6 Å². The Balaban J connectivity index is -0.000000284. The summed E-state index contributed by atoms with van der Waals surface area (Å²) in [5, 5.41) is 0. The van der Waals surface area contributed by atoms with Gasteiger partial charge in [-0.25, -0.2) is 12.0 Å². The maximum Gasteiger partial charge on any atom is 1.00 e. The van der Waals surface area contributed by atoms with Gasteiger partial charge in [0.2, 0.25) is 0 Å². The molecule has 1 aromatic carbocycles. The van der Waals surface area contributed by atoms with E-state index in [9.17, 15) is 9.35 Å². The number of carbonyl (C=O) groups is 1. The number of carbonyl (C=O) groups excluding carboxylic acids is 1. The van der Waals surface area contributed by atoms with Gasteiger partial charge in [-0.15, -0.1) is 0 Å². The molecule has 0 unspecified atom stereocenters. The fourth-order valence-corrected chi connectivity index (χ4v) is 0.849. The molecule has 4 heteroatoms. The van der Waals surface area contributed by atoms with E-state index >= 15 is 0 Å². The number of hydrogen-bond donors (Lipinski definition) is 0. The van der Waals surface area contributed by atoms with Crippen molar-refractivity contribution in [1.29, 1.82) is 0 Å². The van der Waals surface area contributed by atoms with Gasteiger partial charge in [0.05, 0.1) is 0 Å². The van der Waals surface area contributed by atoms with E-state index in [0.29, 0.717) is 22.5 Å². The summed E-state index contributed by atoms with van der Waals surface area (Å²) < 4.78 is 10.2. The number of rotatable bonds is 2. The molecule has 0 bridgehead atoms. The SMILES string of the molecule is C.CC.O=Cc1ccc(S[O-])cc1.[Na+]. The van der Waals surface area contributed by atoms with Crippen molar-refractivity contribution < 1.29 is 38.9 Å². The maximum absolute atomic E-state index is 10.2. The Hall–Kier alpha value is 0.200. The van der Waals surface area contributed by atoms with Crippen LogP contribution in [-0.4, -0.2) is 10.8 Å². The first-order valence-electron chi connectivity index (χ1n) is 3.72. The van der Waals surface area contributed by atoms with Crippen LogP contribution in [0.3, 0.4) is 0 Å². The zero-order valence-electron chi connectivity index (χ0n) is 8.11. The van der Waals surface area contributed by atoms with Crippen LogP contribution in [0.5, 0.6) is 0 Å². The second-order valence-electron chi connectivity index (χ2n) is 1.77. The van der Waals surface area contributed by atoms with Crippen LogP contribution in [0.15, 0.2) is 29.2 Å². The summed E-state index contributed by atoms with van der Waals surface area (Å²) >= 11 is 0.422. The maximum atomic E-state index is 10.2. The van der Waals surface area contributed by atoms with Crippen molar-refractivity contribution in [3.05, 3.63) is 29.8 Å². The Morgan fingerprint density at radius 2 is 1.64 bits per heavy atom. The predicted octanol–water partition coefficient (Wildman–Crippen LogP) is 0.388. The molecule has 0 saturated carbocycles. The van der Waals surface area contributed by atoms with Gasteiger partial charge in [-0.05, 0) is 17.0 Å². The van der Waals surface area contributed by atoms with E-state index in [1.165, 1.54) is 0 Å². The summed E-state index contributed by atoms with van der Waals surface area (Å²) in [5.41, 5.74) is 0.595. The average molecular weight is 222 g/mol. The smallest absolute Gasteiger partial charge is 0.795 e. The van der Waals surface area contributed by atoms with E-state index in [2.05, 4.69) is 0 Å². The van der Waals surface area contributed by atoms with E-state index in [-0.39, 0.29) is 37.0 Å². The van der Waals surface area contributed by atoms with Crippen molar-refractivity contribution >= 4 is 18.3 Å². The third-order valence-electron chi connectivity index (χ3n) is 1.11. The molecule has 2 nitrogen and oxygen atoms in total. The topological polar surface area (TPSA) is 40.1 Å². The minimum atomic E-state index is 0. The summed E-state index contributed by atoms with van der Waals surface area (Å²) in [6, 6.07) is 6.49. The first-order chi connectivity index (χ1) is 5.86. The number of benzene rings is 1. The standard InChI is InChI=1S/C7H6O2S.C2H6.CH4.Na/c8-5-6-1-3-7(10-9)4-2-6;1-2;;/h1-5,9H;1-2H3;1H4;/q;;;+1/p-1. The normalized spacial score (nSPS) is 7.07. The first kappa shape index (κ1) is 19.7. The van der Waals surface area contributed by atoms with Gasteiger partial charge >= 0.3 is 29.6 Å². The molecule has 0 radical (unpaired) electrons. The molecule has 0 N–H and O–H groups in total. The average Bonchev–Trinajstić information content (AvgIpc) is 2.21. The van der Waals surface area contributed by atoms with Crippen LogP contribution in [0, 0.1) is 0 Å². The molecular weight excluding hydrogens is 207 g/mol. The van der Waals surface area contributed by atoms with Gasteiger partial charge in [0.25, 0.3) is 0 Å². The van der Waals surface area contributed by atoms with E-state index in [4.69, 9.17) is 0 Å². The predicted molar refractivity (Wildman–Crippen MR) is 56.5 cm³/mol. The zero-order valence-corrected chi connectivity index (χ0v) is 10.9. The molecule has 0 aliphatic rings. The van der Waals surface area contributed by atoms with Gasteiger partial charge in [0.15, 0.2) is 0 Å². The number of aldehydes is 1. The third-order valence-corrected chi connectivity index (χ3v) is 1.58. The Labute approximate surface area is 113 Å². The molecule has 0 spiro atoms. The van der Waals surface area contributed by atoms with Crippen molar-refractivity contribution in [1.82, 2.24) is 0 Å². The van der Waals surface area contributed by atoms with Gasteiger partial charge in [-0.2, -0.15) is 0 Å². The van der Waals surface area contributed by atoms with Crippen LogP contribution in [0.4, 0.5) is 0 Å². The minimum Gasteiger partial charge on any atom is -0.795 e. The Bertz CT molecular complexity index is 224. The summed E-state index contributed by atoms with van der Waals surface area (Å²) in [5.74, 6) is 0. The van der Waals surface area contributed by atoms with Gasteiger partial charge in [-0.3, -0.25) is 4.79 Å². The molecule has 0 saturated heterocycles. The molecule has 1 aromatic rings. The molecule has 0 amide bonds. The molecular formula is C10H15NaO2S. The molecule has 0 aromatic heterocycles. The zero-order chi connectivity index (χ0) is 9.40. The Morgan fingerprint density at radius 3 is 1.93 bits per heavy atom. The van der Waals surface area contributed by atoms with E-state index in [1.807, 2.05) is 13.8 Å². The summed E-state index contributed by atoms with van der Waals surface area (Å²) in [4.78, 5) is 10.8. The van der Waals surface area contributed by atoms with Gasteiger partial charge in [0.1, 0.15) is 6.29 Å². The molecule has 0 fully saturated rings. The van der Waals surface area contributed by atoms with Crippen LogP contribution in [-0.2, 0) is 0 Å². The van der Waals surface area contributed by atoms with Crippen molar-refractivity contribution in [2.24, 2.45) is 0 Å². The molecule has 0 aliphatic heterocycles. The van der Waals surface area contributed by atoms with Crippen LogP contribution in [0.25, 0.3) is 0 Å².